The number of nitrogens with one attached hydrogen (secondary N) is 1. The van der Waals surface area contributed by atoms with Crippen molar-refractivity contribution in [2.24, 2.45) is 0 Å². The van der Waals surface area contributed by atoms with E-state index in [9.17, 15) is 4.79 Å². The second kappa shape index (κ2) is 4.78. The number of ether oxygens (including phenoxy) is 1. The lowest BCUT2D eigenvalue weighted by Crippen LogP contribution is -2.23. The number of hydrogen-bond acceptors (Lipinski definition) is 4. The van der Waals surface area contributed by atoms with Crippen molar-refractivity contribution in [2.75, 3.05) is 13.2 Å². The molecular formula is C9H13NO4. The molecule has 78 valence electrons. The lowest BCUT2D eigenvalue weighted by atomic mass is 10.3. The number of aliphatic hydroxyl groups is 2. The highest BCUT2D eigenvalue weighted by atomic mass is 16.5. The molecule has 5 heteroatoms. The van der Waals surface area contributed by atoms with Crippen molar-refractivity contribution in [1.82, 2.24) is 4.98 Å². The minimum absolute atomic E-state index is 0.0928. The van der Waals surface area contributed by atoms with Gasteiger partial charge in [0.2, 0.25) is 5.43 Å². The van der Waals surface area contributed by atoms with E-state index in [0.29, 0.717) is 5.69 Å². The van der Waals surface area contributed by atoms with Gasteiger partial charge >= 0.3 is 0 Å². The summed E-state index contributed by atoms with van der Waals surface area (Å²) >= 11 is 0. The van der Waals surface area contributed by atoms with E-state index in [4.69, 9.17) is 14.9 Å². The molecule has 1 aromatic heterocycles. The molecule has 0 aliphatic rings. The number of aliphatic hydroxyl groups excluding tert-OH is 2. The van der Waals surface area contributed by atoms with Gasteiger partial charge < -0.3 is 19.9 Å². The smallest absolute Gasteiger partial charge is 0.223 e. The second-order valence-corrected chi connectivity index (χ2v) is 2.94. The van der Waals surface area contributed by atoms with Gasteiger partial charge in [0.1, 0.15) is 12.7 Å². The number of H-pyrrole nitrogens is 1. The molecule has 5 nitrogen and oxygen atoms in total. The minimum Gasteiger partial charge on any atom is -0.485 e. The number of aromatic nitrogens is 1. The van der Waals surface area contributed by atoms with Gasteiger partial charge in [-0.2, -0.15) is 0 Å². The first-order chi connectivity index (χ1) is 6.65. The van der Waals surface area contributed by atoms with E-state index >= 15 is 0 Å². The van der Waals surface area contributed by atoms with Gasteiger partial charge in [-0.25, -0.2) is 0 Å². The van der Waals surface area contributed by atoms with Crippen molar-refractivity contribution >= 4 is 0 Å². The molecule has 1 aromatic rings. The molecule has 0 aliphatic heterocycles. The average Bonchev–Trinajstić information content (AvgIpc) is 2.16. The first kappa shape index (κ1) is 10.7. The predicted octanol–water partition coefficient (Wildman–Crippen LogP) is -0.585. The Morgan fingerprint density at radius 1 is 1.64 bits per heavy atom. The molecule has 0 amide bonds. The Bertz CT molecular complexity index is 347. The summed E-state index contributed by atoms with van der Waals surface area (Å²) in [7, 11) is 0. The van der Waals surface area contributed by atoms with Crippen molar-refractivity contribution < 1.29 is 14.9 Å². The summed E-state index contributed by atoms with van der Waals surface area (Å²) in [6, 6.07) is 1.34. The summed E-state index contributed by atoms with van der Waals surface area (Å²) in [4.78, 5) is 14.1. The normalized spacial score (nSPS) is 12.5. The van der Waals surface area contributed by atoms with Crippen LogP contribution in [-0.4, -0.2) is 34.5 Å². The number of aryl methyl sites for hydroxylation is 1. The van der Waals surface area contributed by atoms with Crippen LogP contribution >= 0.6 is 0 Å². The molecule has 0 fully saturated rings. The maximum atomic E-state index is 11.3. The molecule has 0 aliphatic carbocycles. The predicted molar refractivity (Wildman–Crippen MR) is 50.4 cm³/mol. The molecule has 14 heavy (non-hydrogen) atoms. The molecular weight excluding hydrogens is 186 g/mol. The zero-order chi connectivity index (χ0) is 10.6. The van der Waals surface area contributed by atoms with Crippen LogP contribution in [-0.2, 0) is 0 Å². The van der Waals surface area contributed by atoms with Crippen LogP contribution in [0, 0.1) is 6.92 Å². The van der Waals surface area contributed by atoms with Crippen molar-refractivity contribution in [3.63, 3.8) is 0 Å². The molecule has 1 heterocycles. The molecule has 3 N–H and O–H groups in total. The SMILES string of the molecule is Cc1[nH]ccc(=O)c1OCC(O)CO. The van der Waals surface area contributed by atoms with Crippen LogP contribution in [0.4, 0.5) is 0 Å². The topological polar surface area (TPSA) is 82.6 Å². The third-order valence-electron chi connectivity index (χ3n) is 1.73. The van der Waals surface area contributed by atoms with E-state index < -0.39 is 6.10 Å². The van der Waals surface area contributed by atoms with E-state index in [0.717, 1.165) is 0 Å². The standard InChI is InChI=1S/C9H13NO4/c1-6-9(8(13)2-3-10-6)14-5-7(12)4-11/h2-3,7,11-12H,4-5H2,1H3,(H,10,13). The van der Waals surface area contributed by atoms with E-state index in [1.165, 1.54) is 12.3 Å². The van der Waals surface area contributed by atoms with E-state index in [-0.39, 0.29) is 24.4 Å². The maximum absolute atomic E-state index is 11.3. The monoisotopic (exact) mass is 199 g/mol. The van der Waals surface area contributed by atoms with Crippen LogP contribution in [0.1, 0.15) is 5.69 Å². The fourth-order valence-corrected chi connectivity index (χ4v) is 0.980. The van der Waals surface area contributed by atoms with Gasteiger partial charge in [0.25, 0.3) is 0 Å². The first-order valence-electron chi connectivity index (χ1n) is 4.25. The number of hydrogen-bond donors (Lipinski definition) is 3. The van der Waals surface area contributed by atoms with Crippen LogP contribution in [0.15, 0.2) is 17.1 Å². The Morgan fingerprint density at radius 3 is 2.93 bits per heavy atom. The molecule has 1 rings (SSSR count). The van der Waals surface area contributed by atoms with Crippen molar-refractivity contribution in [3.05, 3.63) is 28.2 Å². The van der Waals surface area contributed by atoms with Gasteiger partial charge in [-0.3, -0.25) is 4.79 Å². The molecule has 0 aromatic carbocycles. The van der Waals surface area contributed by atoms with Gasteiger partial charge in [-0.1, -0.05) is 0 Å². The average molecular weight is 199 g/mol. The summed E-state index contributed by atoms with van der Waals surface area (Å²) < 4.78 is 5.07. The van der Waals surface area contributed by atoms with Gasteiger partial charge in [0, 0.05) is 12.3 Å². The summed E-state index contributed by atoms with van der Waals surface area (Å²) in [5, 5.41) is 17.5. The summed E-state index contributed by atoms with van der Waals surface area (Å²) in [5.41, 5.74) is 0.356. The second-order valence-electron chi connectivity index (χ2n) is 2.94. The Hall–Kier alpha value is -1.33. The van der Waals surface area contributed by atoms with E-state index in [1.807, 2.05) is 0 Å². The largest absolute Gasteiger partial charge is 0.485 e. The Balaban J connectivity index is 2.72. The number of aromatic amines is 1. The molecule has 1 atom stereocenters. The summed E-state index contributed by atoms with van der Waals surface area (Å²) in [6.45, 7) is 1.22. The molecule has 0 spiro atoms. The van der Waals surface area contributed by atoms with Crippen LogP contribution in [0.3, 0.4) is 0 Å². The van der Waals surface area contributed by atoms with Gasteiger partial charge in [0.15, 0.2) is 5.75 Å². The molecule has 0 saturated carbocycles. The quantitative estimate of drug-likeness (QED) is 0.605. The van der Waals surface area contributed by atoms with Gasteiger partial charge in [0.05, 0.1) is 12.3 Å². The van der Waals surface area contributed by atoms with Crippen LogP contribution < -0.4 is 10.2 Å². The van der Waals surface area contributed by atoms with Crippen LogP contribution in [0.25, 0.3) is 0 Å². The zero-order valence-corrected chi connectivity index (χ0v) is 7.86. The Kier molecular flexibility index (Phi) is 3.67. The molecule has 1 unspecified atom stereocenters. The molecule has 0 bridgehead atoms. The third-order valence-corrected chi connectivity index (χ3v) is 1.73. The third kappa shape index (κ3) is 2.58. The highest BCUT2D eigenvalue weighted by Gasteiger charge is 2.07. The van der Waals surface area contributed by atoms with Crippen LogP contribution in [0.5, 0.6) is 5.75 Å². The van der Waals surface area contributed by atoms with Crippen molar-refractivity contribution in [3.8, 4) is 5.75 Å². The first-order valence-corrected chi connectivity index (χ1v) is 4.25. The number of pyridine rings is 1. The fourth-order valence-electron chi connectivity index (χ4n) is 0.980. The Labute approximate surface area is 81.0 Å². The van der Waals surface area contributed by atoms with E-state index in [1.54, 1.807) is 6.92 Å². The summed E-state index contributed by atoms with van der Waals surface area (Å²) in [5.74, 6) is 0.181. The Morgan fingerprint density at radius 2 is 2.36 bits per heavy atom. The van der Waals surface area contributed by atoms with Crippen LogP contribution in [0.2, 0.25) is 0 Å². The zero-order valence-electron chi connectivity index (χ0n) is 7.86. The van der Waals surface area contributed by atoms with Gasteiger partial charge in [-0.15, -0.1) is 0 Å². The van der Waals surface area contributed by atoms with Gasteiger partial charge in [-0.05, 0) is 6.92 Å². The molecule has 0 radical (unpaired) electrons. The fraction of sp³-hybridized carbons (Fsp3) is 0.444. The summed E-state index contributed by atoms with van der Waals surface area (Å²) in [6.07, 6.45) is 0.557. The number of rotatable bonds is 4. The van der Waals surface area contributed by atoms with E-state index in [2.05, 4.69) is 4.98 Å². The van der Waals surface area contributed by atoms with Crippen molar-refractivity contribution in [2.45, 2.75) is 13.0 Å². The highest BCUT2D eigenvalue weighted by molar-refractivity contribution is 5.25. The lowest BCUT2D eigenvalue weighted by Gasteiger charge is -2.10. The highest BCUT2D eigenvalue weighted by Crippen LogP contribution is 2.07. The van der Waals surface area contributed by atoms with Crippen molar-refractivity contribution in [1.29, 1.82) is 0 Å². The lowest BCUT2D eigenvalue weighted by molar-refractivity contribution is 0.0529. The maximum Gasteiger partial charge on any atom is 0.223 e. The molecule has 0 saturated heterocycles. The minimum atomic E-state index is -0.964.